The topological polar surface area (TPSA) is 50.4 Å². The molecule has 1 amide bonds. The van der Waals surface area contributed by atoms with Crippen molar-refractivity contribution in [3.8, 4) is 28.7 Å². The first-order valence-corrected chi connectivity index (χ1v) is 8.99. The molecule has 0 fully saturated rings. The van der Waals surface area contributed by atoms with Crippen LogP contribution in [0.3, 0.4) is 0 Å². The molecule has 3 aromatic carbocycles. The highest BCUT2D eigenvalue weighted by Crippen LogP contribution is 2.19. The van der Waals surface area contributed by atoms with Crippen LogP contribution in [0, 0.1) is 11.8 Å². The monoisotopic (exact) mass is 370 g/mol. The lowest BCUT2D eigenvalue weighted by Crippen LogP contribution is -2.36. The molecule has 0 aliphatic heterocycles. The maximum atomic E-state index is 12.2. The molecule has 0 heterocycles. The molecule has 140 valence electrons. The molecule has 1 atom stereocenters. The van der Waals surface area contributed by atoms with Crippen LogP contribution in [0.5, 0.6) is 5.75 Å². The third-order valence-electron chi connectivity index (χ3n) is 4.26. The Kier molecular flexibility index (Phi) is 6.33. The quantitative estimate of drug-likeness (QED) is 0.669. The van der Waals surface area contributed by atoms with Gasteiger partial charge in [0.25, 0.3) is 5.91 Å². The third-order valence-corrected chi connectivity index (χ3v) is 4.26. The summed E-state index contributed by atoms with van der Waals surface area (Å²) in [6.07, 6.45) is 0. The second kappa shape index (κ2) is 9.29. The standard InChI is InChI=1S/C24H22N2O2/c1-25-24(27)23(26-21-13-15-22(28-2)16-14-21)17-10-18-8-11-20(12-9-18)19-6-4-3-5-7-19/h3-9,11-16,23,26H,1-2H3,(H,25,27). The second-order valence-electron chi connectivity index (χ2n) is 6.13. The van der Waals surface area contributed by atoms with Crippen LogP contribution in [0.25, 0.3) is 11.1 Å². The van der Waals surface area contributed by atoms with E-state index >= 15 is 0 Å². The van der Waals surface area contributed by atoms with Crippen molar-refractivity contribution in [3.05, 3.63) is 84.4 Å². The van der Waals surface area contributed by atoms with E-state index in [1.54, 1.807) is 14.2 Å². The van der Waals surface area contributed by atoms with Gasteiger partial charge in [-0.1, -0.05) is 54.3 Å². The number of amides is 1. The summed E-state index contributed by atoms with van der Waals surface area (Å²) in [5.41, 5.74) is 3.94. The van der Waals surface area contributed by atoms with Crippen molar-refractivity contribution in [2.24, 2.45) is 0 Å². The Morgan fingerprint density at radius 1 is 0.893 bits per heavy atom. The fraction of sp³-hybridized carbons (Fsp3) is 0.125. The Hall–Kier alpha value is -3.71. The number of nitrogens with one attached hydrogen (secondary N) is 2. The highest BCUT2D eigenvalue weighted by molar-refractivity contribution is 5.88. The normalized spacial score (nSPS) is 10.9. The Morgan fingerprint density at radius 2 is 1.54 bits per heavy atom. The summed E-state index contributed by atoms with van der Waals surface area (Å²) in [5, 5.41) is 5.79. The molecule has 2 N–H and O–H groups in total. The van der Waals surface area contributed by atoms with Crippen molar-refractivity contribution < 1.29 is 9.53 Å². The first-order valence-electron chi connectivity index (χ1n) is 8.99. The van der Waals surface area contributed by atoms with Gasteiger partial charge in [0.05, 0.1) is 7.11 Å². The first kappa shape index (κ1) is 19.1. The van der Waals surface area contributed by atoms with Crippen LogP contribution in [0.1, 0.15) is 5.56 Å². The minimum absolute atomic E-state index is 0.191. The summed E-state index contributed by atoms with van der Waals surface area (Å²) >= 11 is 0. The van der Waals surface area contributed by atoms with Crippen LogP contribution in [0.2, 0.25) is 0 Å². The van der Waals surface area contributed by atoms with Gasteiger partial charge in [0.1, 0.15) is 5.75 Å². The van der Waals surface area contributed by atoms with Gasteiger partial charge in [-0.3, -0.25) is 4.79 Å². The molecule has 4 heteroatoms. The zero-order chi connectivity index (χ0) is 19.8. The molecule has 0 saturated carbocycles. The van der Waals surface area contributed by atoms with Gasteiger partial charge < -0.3 is 15.4 Å². The molecule has 0 aliphatic carbocycles. The molecular weight excluding hydrogens is 348 g/mol. The molecule has 0 aromatic heterocycles. The fourth-order valence-corrected chi connectivity index (χ4v) is 2.70. The highest BCUT2D eigenvalue weighted by Gasteiger charge is 2.13. The van der Waals surface area contributed by atoms with Crippen molar-refractivity contribution in [1.29, 1.82) is 0 Å². The number of hydrogen-bond donors (Lipinski definition) is 2. The Labute approximate surface area is 165 Å². The van der Waals surface area contributed by atoms with Crippen molar-refractivity contribution in [3.63, 3.8) is 0 Å². The largest absolute Gasteiger partial charge is 0.497 e. The van der Waals surface area contributed by atoms with E-state index in [4.69, 9.17) is 4.74 Å². The van der Waals surface area contributed by atoms with Gasteiger partial charge in [0, 0.05) is 18.3 Å². The Morgan fingerprint density at radius 3 is 2.14 bits per heavy atom. The molecule has 28 heavy (non-hydrogen) atoms. The smallest absolute Gasteiger partial charge is 0.254 e. The molecule has 0 spiro atoms. The first-order chi connectivity index (χ1) is 13.7. The van der Waals surface area contributed by atoms with E-state index in [9.17, 15) is 4.79 Å². The zero-order valence-electron chi connectivity index (χ0n) is 15.9. The predicted octanol–water partition coefficient (Wildman–Crippen LogP) is 3.94. The van der Waals surface area contributed by atoms with Crippen LogP contribution < -0.4 is 15.4 Å². The van der Waals surface area contributed by atoms with E-state index in [-0.39, 0.29) is 5.91 Å². The molecule has 0 bridgehead atoms. The SMILES string of the molecule is CNC(=O)C(C#Cc1ccc(-c2ccccc2)cc1)Nc1ccc(OC)cc1. The number of likely N-dealkylation sites (N-methyl/N-ethyl adjacent to an activating group) is 1. The van der Waals surface area contributed by atoms with Gasteiger partial charge in [-0.2, -0.15) is 0 Å². The van der Waals surface area contributed by atoms with E-state index < -0.39 is 6.04 Å². The van der Waals surface area contributed by atoms with E-state index in [0.717, 1.165) is 28.1 Å². The summed E-state index contributed by atoms with van der Waals surface area (Å²) in [6, 6.07) is 24.9. The van der Waals surface area contributed by atoms with Crippen LogP contribution in [0.15, 0.2) is 78.9 Å². The lowest BCUT2D eigenvalue weighted by atomic mass is 10.0. The Balaban J connectivity index is 1.76. The summed E-state index contributed by atoms with van der Waals surface area (Å²) in [7, 11) is 3.21. The van der Waals surface area contributed by atoms with Gasteiger partial charge in [0.2, 0.25) is 0 Å². The maximum absolute atomic E-state index is 12.2. The molecule has 0 aliphatic rings. The molecule has 3 rings (SSSR count). The molecule has 0 radical (unpaired) electrons. The highest BCUT2D eigenvalue weighted by atomic mass is 16.5. The van der Waals surface area contributed by atoms with E-state index in [0.29, 0.717) is 0 Å². The van der Waals surface area contributed by atoms with Crippen LogP contribution >= 0.6 is 0 Å². The van der Waals surface area contributed by atoms with Gasteiger partial charge in [-0.15, -0.1) is 0 Å². The summed E-state index contributed by atoms with van der Waals surface area (Å²) in [5.74, 6) is 6.67. The molecule has 1 unspecified atom stereocenters. The van der Waals surface area contributed by atoms with Crippen molar-refractivity contribution in [1.82, 2.24) is 5.32 Å². The number of methoxy groups -OCH3 is 1. The van der Waals surface area contributed by atoms with Gasteiger partial charge >= 0.3 is 0 Å². The number of carbonyl (C=O) groups excluding carboxylic acids is 1. The number of benzene rings is 3. The number of hydrogen-bond acceptors (Lipinski definition) is 3. The van der Waals surface area contributed by atoms with E-state index in [1.807, 2.05) is 66.7 Å². The van der Waals surface area contributed by atoms with Crippen LogP contribution in [0.4, 0.5) is 5.69 Å². The summed E-state index contributed by atoms with van der Waals surface area (Å²) in [4.78, 5) is 12.2. The summed E-state index contributed by atoms with van der Waals surface area (Å²) in [6.45, 7) is 0. The molecule has 3 aromatic rings. The zero-order valence-corrected chi connectivity index (χ0v) is 15.9. The molecular formula is C24H22N2O2. The van der Waals surface area contributed by atoms with Crippen molar-refractivity contribution >= 4 is 11.6 Å². The number of rotatable bonds is 5. The predicted molar refractivity (Wildman–Crippen MR) is 113 cm³/mol. The van der Waals surface area contributed by atoms with Gasteiger partial charge in [-0.05, 0) is 47.5 Å². The van der Waals surface area contributed by atoms with Crippen LogP contribution in [-0.4, -0.2) is 26.1 Å². The average Bonchev–Trinajstić information content (AvgIpc) is 2.77. The van der Waals surface area contributed by atoms with Crippen molar-refractivity contribution in [2.45, 2.75) is 6.04 Å². The molecule has 0 saturated heterocycles. The maximum Gasteiger partial charge on any atom is 0.254 e. The van der Waals surface area contributed by atoms with Crippen molar-refractivity contribution in [2.75, 3.05) is 19.5 Å². The van der Waals surface area contributed by atoms with Gasteiger partial charge in [-0.25, -0.2) is 0 Å². The van der Waals surface area contributed by atoms with Gasteiger partial charge in [0.15, 0.2) is 6.04 Å². The lowest BCUT2D eigenvalue weighted by molar-refractivity contribution is -0.120. The van der Waals surface area contributed by atoms with E-state index in [1.165, 1.54) is 0 Å². The molecule has 4 nitrogen and oxygen atoms in total. The lowest BCUT2D eigenvalue weighted by Gasteiger charge is -2.13. The van der Waals surface area contributed by atoms with E-state index in [2.05, 4.69) is 34.6 Å². The number of ether oxygens (including phenoxy) is 1. The average molecular weight is 370 g/mol. The van der Waals surface area contributed by atoms with Crippen LogP contribution in [-0.2, 0) is 4.79 Å². The third kappa shape index (κ3) is 4.93. The minimum atomic E-state index is -0.660. The number of carbonyl (C=O) groups is 1. The fourth-order valence-electron chi connectivity index (χ4n) is 2.70. The summed E-state index contributed by atoms with van der Waals surface area (Å²) < 4.78 is 5.15. The second-order valence-corrected chi connectivity index (χ2v) is 6.13. The Bertz CT molecular complexity index is 969. The minimum Gasteiger partial charge on any atom is -0.497 e. The number of anilines is 1.